The van der Waals surface area contributed by atoms with Gasteiger partial charge in [0, 0.05) is 36.8 Å². The van der Waals surface area contributed by atoms with Crippen LogP contribution in [0.25, 0.3) is 0 Å². The summed E-state index contributed by atoms with van der Waals surface area (Å²) in [5, 5.41) is 18.9. The second kappa shape index (κ2) is 13.0. The van der Waals surface area contributed by atoms with E-state index in [4.69, 9.17) is 28.2 Å². The molecule has 0 saturated carbocycles. The van der Waals surface area contributed by atoms with Gasteiger partial charge >= 0.3 is 0 Å². The van der Waals surface area contributed by atoms with E-state index < -0.39 is 6.10 Å². The molecule has 1 aliphatic heterocycles. The van der Waals surface area contributed by atoms with E-state index in [-0.39, 0.29) is 30.3 Å². The van der Waals surface area contributed by atoms with Crippen LogP contribution in [0.5, 0.6) is 0 Å². The van der Waals surface area contributed by atoms with Crippen molar-refractivity contribution in [3.8, 4) is 0 Å². The molecule has 9 heteroatoms. The van der Waals surface area contributed by atoms with Crippen LogP contribution in [0.15, 0.2) is 48.5 Å². The van der Waals surface area contributed by atoms with Gasteiger partial charge in [-0.1, -0.05) is 66.5 Å². The van der Waals surface area contributed by atoms with Gasteiger partial charge in [0.25, 0.3) is 0 Å². The first kappa shape index (κ1) is 29.7. The van der Waals surface area contributed by atoms with Gasteiger partial charge in [0.1, 0.15) is 6.10 Å². The van der Waals surface area contributed by atoms with E-state index in [9.17, 15) is 14.7 Å². The maximum Gasteiger partial charge on any atom is 0.221 e. The number of aliphatic hydroxyl groups is 1. The third kappa shape index (κ3) is 6.82. The predicted octanol–water partition coefficient (Wildman–Crippen LogP) is 6.07. The number of hydrogen-bond donors (Lipinski definition) is 3. The number of aliphatic hydroxyl groups excluding tert-OH is 1. The lowest BCUT2D eigenvalue weighted by Crippen LogP contribution is -2.51. The highest BCUT2D eigenvalue weighted by molar-refractivity contribution is 6.42. The van der Waals surface area contributed by atoms with E-state index in [1.807, 2.05) is 42.5 Å². The molecule has 2 aromatic carbocycles. The number of benzene rings is 2. The lowest BCUT2D eigenvalue weighted by Gasteiger charge is -2.40. The Morgan fingerprint density at radius 3 is 2.56 bits per heavy atom. The zero-order valence-electron chi connectivity index (χ0n) is 23.4. The SMILES string of the molecule is CC(=O)Nc1c2c(nc3c1CN(C(CC(C)c1ccc(Cl)c(Cl)c1)NCC(=O)c1ccccc1)CC3O)CCCC2. The molecule has 0 bridgehead atoms. The highest BCUT2D eigenvalue weighted by Crippen LogP contribution is 2.39. The summed E-state index contributed by atoms with van der Waals surface area (Å²) >= 11 is 12.5. The maximum atomic E-state index is 13.0. The number of hydrogen-bond acceptors (Lipinski definition) is 6. The van der Waals surface area contributed by atoms with Crippen LogP contribution >= 0.6 is 23.2 Å². The Hall–Kier alpha value is -2.81. The average Bonchev–Trinajstić information content (AvgIpc) is 2.96. The number of pyridine rings is 1. The fraction of sp³-hybridized carbons (Fsp3) is 0.406. The van der Waals surface area contributed by atoms with Crippen LogP contribution < -0.4 is 10.6 Å². The van der Waals surface area contributed by atoms with Gasteiger partial charge in [-0.05, 0) is 61.3 Å². The number of anilines is 1. The zero-order chi connectivity index (χ0) is 29.1. The summed E-state index contributed by atoms with van der Waals surface area (Å²) in [6, 6.07) is 14.9. The Morgan fingerprint density at radius 2 is 1.83 bits per heavy atom. The molecule has 41 heavy (non-hydrogen) atoms. The number of nitrogens with zero attached hydrogens (tertiary/aromatic N) is 2. The van der Waals surface area contributed by atoms with Gasteiger partial charge in [-0.15, -0.1) is 0 Å². The molecule has 3 atom stereocenters. The van der Waals surface area contributed by atoms with E-state index in [0.29, 0.717) is 40.8 Å². The number of carbonyl (C=O) groups is 2. The molecule has 0 saturated heterocycles. The number of halogens is 2. The number of amides is 1. The van der Waals surface area contributed by atoms with Crippen molar-refractivity contribution in [2.75, 3.05) is 18.4 Å². The number of carbonyl (C=O) groups excluding carboxylic acids is 2. The van der Waals surface area contributed by atoms with Crippen molar-refractivity contribution < 1.29 is 14.7 Å². The average molecular weight is 596 g/mol. The van der Waals surface area contributed by atoms with Gasteiger partial charge in [-0.3, -0.25) is 24.8 Å². The smallest absolute Gasteiger partial charge is 0.221 e. The molecule has 0 spiro atoms. The normalized spacial score (nSPS) is 18.2. The second-order valence-electron chi connectivity index (χ2n) is 11.1. The highest BCUT2D eigenvalue weighted by Gasteiger charge is 2.35. The first-order chi connectivity index (χ1) is 19.7. The van der Waals surface area contributed by atoms with Crippen LogP contribution in [-0.2, 0) is 24.2 Å². The molecular weight excluding hydrogens is 559 g/mol. The Labute approximate surface area is 251 Å². The summed E-state index contributed by atoms with van der Waals surface area (Å²) in [4.78, 5) is 32.4. The van der Waals surface area contributed by atoms with Gasteiger partial charge in [0.2, 0.25) is 5.91 Å². The summed E-state index contributed by atoms with van der Waals surface area (Å²) in [5.74, 6) is -0.0799. The predicted molar refractivity (Wildman–Crippen MR) is 163 cm³/mol. The number of rotatable bonds is 9. The molecule has 0 fully saturated rings. The summed E-state index contributed by atoms with van der Waals surface area (Å²) in [7, 11) is 0. The molecule has 2 aliphatic rings. The molecule has 0 radical (unpaired) electrons. The zero-order valence-corrected chi connectivity index (χ0v) is 24.9. The van der Waals surface area contributed by atoms with Crippen molar-refractivity contribution in [3.63, 3.8) is 0 Å². The quantitative estimate of drug-likeness (QED) is 0.260. The van der Waals surface area contributed by atoms with Gasteiger partial charge in [0.05, 0.1) is 34.1 Å². The first-order valence-electron chi connectivity index (χ1n) is 14.2. The van der Waals surface area contributed by atoms with Crippen molar-refractivity contribution in [2.45, 2.75) is 70.7 Å². The maximum absolute atomic E-state index is 13.0. The summed E-state index contributed by atoms with van der Waals surface area (Å²) in [6.45, 7) is 4.60. The Morgan fingerprint density at radius 1 is 1.07 bits per heavy atom. The van der Waals surface area contributed by atoms with Crippen molar-refractivity contribution in [1.29, 1.82) is 0 Å². The van der Waals surface area contributed by atoms with E-state index in [2.05, 4.69) is 22.5 Å². The number of aryl methyl sites for hydroxylation is 1. The Bertz CT molecular complexity index is 1430. The molecule has 1 amide bonds. The molecule has 2 heterocycles. The molecule has 5 rings (SSSR count). The number of β-amino-alcohol motifs (C(OH)–C–C–N with tert-alkyl or cyclic N) is 1. The van der Waals surface area contributed by atoms with Gasteiger partial charge in [-0.25, -0.2) is 0 Å². The highest BCUT2D eigenvalue weighted by atomic mass is 35.5. The number of Topliss-reactive ketones (excluding diaryl/α,β-unsaturated/α-hetero) is 1. The molecule has 3 unspecified atom stereocenters. The Balaban J connectivity index is 1.46. The Kier molecular flexibility index (Phi) is 9.42. The minimum absolute atomic E-state index is 0.00887. The van der Waals surface area contributed by atoms with Crippen molar-refractivity contribution in [2.24, 2.45) is 0 Å². The third-order valence-corrected chi connectivity index (χ3v) is 8.86. The lowest BCUT2D eigenvalue weighted by molar-refractivity contribution is -0.114. The van der Waals surface area contributed by atoms with Crippen LogP contribution in [-0.4, -0.2) is 45.9 Å². The number of nitrogens with one attached hydrogen (secondary N) is 2. The third-order valence-electron chi connectivity index (χ3n) is 8.12. The van der Waals surface area contributed by atoms with Crippen LogP contribution in [0.3, 0.4) is 0 Å². The van der Waals surface area contributed by atoms with Crippen LogP contribution in [0, 0.1) is 0 Å². The van der Waals surface area contributed by atoms with Crippen molar-refractivity contribution in [1.82, 2.24) is 15.2 Å². The van der Waals surface area contributed by atoms with Crippen molar-refractivity contribution in [3.05, 3.63) is 92.2 Å². The minimum atomic E-state index is -0.826. The minimum Gasteiger partial charge on any atom is -0.385 e. The van der Waals surface area contributed by atoms with Crippen molar-refractivity contribution >= 4 is 40.6 Å². The standard InChI is InChI=1S/C32H36Cl2N4O3/c1-19(22-12-13-25(33)26(34)15-22)14-30(35-16-28(40)21-8-4-3-5-9-21)38-17-24-31(36-20(2)39)23-10-6-7-11-27(23)37-32(24)29(41)18-38/h3-5,8-9,12-13,15,19,29-30,35,41H,6-7,10-11,14,16-18H2,1-2H3,(H,36,37,39). The first-order valence-corrected chi connectivity index (χ1v) is 15.0. The van der Waals surface area contributed by atoms with E-state index in [1.54, 1.807) is 6.07 Å². The van der Waals surface area contributed by atoms with E-state index in [1.165, 1.54) is 6.92 Å². The second-order valence-corrected chi connectivity index (χ2v) is 11.9. The van der Waals surface area contributed by atoms with Gasteiger partial charge < -0.3 is 10.4 Å². The van der Waals surface area contributed by atoms with E-state index in [0.717, 1.165) is 53.8 Å². The largest absolute Gasteiger partial charge is 0.385 e. The van der Waals surface area contributed by atoms with Gasteiger partial charge in [-0.2, -0.15) is 0 Å². The molecule has 1 aliphatic carbocycles. The summed E-state index contributed by atoms with van der Waals surface area (Å²) < 4.78 is 0. The molecule has 216 valence electrons. The van der Waals surface area contributed by atoms with Crippen LogP contribution in [0.2, 0.25) is 10.0 Å². The number of aromatic nitrogens is 1. The molecule has 3 aromatic rings. The topological polar surface area (TPSA) is 94.6 Å². The molecule has 1 aromatic heterocycles. The monoisotopic (exact) mass is 594 g/mol. The molecular formula is C32H36Cl2N4O3. The fourth-order valence-corrected chi connectivity index (χ4v) is 6.28. The molecule has 3 N–H and O–H groups in total. The van der Waals surface area contributed by atoms with Crippen LogP contribution in [0.1, 0.15) is 83.6 Å². The number of ketones is 1. The summed E-state index contributed by atoms with van der Waals surface area (Å²) in [5.41, 5.74) is 6.01. The van der Waals surface area contributed by atoms with Gasteiger partial charge in [0.15, 0.2) is 5.78 Å². The number of fused-ring (bicyclic) bond motifs is 2. The molecule has 7 nitrogen and oxygen atoms in total. The summed E-state index contributed by atoms with van der Waals surface area (Å²) in [6.07, 6.45) is 3.36. The lowest BCUT2D eigenvalue weighted by atomic mass is 9.88. The fourth-order valence-electron chi connectivity index (χ4n) is 5.97. The van der Waals surface area contributed by atoms with E-state index >= 15 is 0 Å². The van der Waals surface area contributed by atoms with Crippen LogP contribution in [0.4, 0.5) is 5.69 Å².